The first-order chi connectivity index (χ1) is 5.27. The zero-order valence-corrected chi connectivity index (χ0v) is 6.71. The maximum absolute atomic E-state index is 10.9. The molecule has 1 rings (SSSR count). The van der Waals surface area contributed by atoms with Gasteiger partial charge in [0.1, 0.15) is 0 Å². The monoisotopic (exact) mass is 158 g/mol. The van der Waals surface area contributed by atoms with Crippen LogP contribution in [0.1, 0.15) is 0 Å². The summed E-state index contributed by atoms with van der Waals surface area (Å²) in [4.78, 5) is 13.0. The molecular formula is C7H14N2O2. The van der Waals surface area contributed by atoms with E-state index in [1.165, 1.54) is 0 Å². The normalized spacial score (nSPS) is 19.5. The third-order valence-electron chi connectivity index (χ3n) is 1.99. The molecule has 1 heterocycles. The number of hydrogen-bond acceptors (Lipinski definition) is 3. The van der Waals surface area contributed by atoms with Crippen LogP contribution in [0.3, 0.4) is 0 Å². The first-order valence-corrected chi connectivity index (χ1v) is 3.82. The van der Waals surface area contributed by atoms with Crippen molar-refractivity contribution in [3.05, 3.63) is 0 Å². The van der Waals surface area contributed by atoms with Crippen LogP contribution in [0, 0.1) is 5.92 Å². The minimum Gasteiger partial charge on any atom is -0.395 e. The van der Waals surface area contributed by atoms with Crippen molar-refractivity contribution < 1.29 is 9.90 Å². The van der Waals surface area contributed by atoms with Gasteiger partial charge in [0.2, 0.25) is 5.91 Å². The number of carbonyl (C=O) groups is 1. The predicted molar refractivity (Wildman–Crippen MR) is 41.1 cm³/mol. The lowest BCUT2D eigenvalue weighted by Crippen LogP contribution is -2.53. The molecule has 1 saturated heterocycles. The van der Waals surface area contributed by atoms with Gasteiger partial charge in [-0.1, -0.05) is 0 Å². The van der Waals surface area contributed by atoms with Crippen molar-refractivity contribution in [2.24, 2.45) is 5.92 Å². The van der Waals surface area contributed by atoms with Crippen LogP contribution >= 0.6 is 0 Å². The molecule has 11 heavy (non-hydrogen) atoms. The van der Waals surface area contributed by atoms with Gasteiger partial charge in [-0.2, -0.15) is 0 Å². The first-order valence-electron chi connectivity index (χ1n) is 3.82. The van der Waals surface area contributed by atoms with Crippen LogP contribution in [-0.4, -0.2) is 49.2 Å². The van der Waals surface area contributed by atoms with Gasteiger partial charge in [-0.15, -0.1) is 0 Å². The van der Waals surface area contributed by atoms with Crippen LogP contribution in [0.4, 0.5) is 0 Å². The molecule has 1 amide bonds. The molecule has 0 aromatic heterocycles. The number of aliphatic hydroxyl groups is 1. The Morgan fingerprint density at radius 1 is 1.73 bits per heavy atom. The highest BCUT2D eigenvalue weighted by Crippen LogP contribution is 2.13. The molecule has 4 heteroatoms. The summed E-state index contributed by atoms with van der Waals surface area (Å²) in [6, 6.07) is 0. The van der Waals surface area contributed by atoms with Crippen molar-refractivity contribution in [1.29, 1.82) is 0 Å². The highest BCUT2D eigenvalue weighted by atomic mass is 16.3. The minimum atomic E-state index is 0.110. The van der Waals surface area contributed by atoms with Crippen LogP contribution in [0.15, 0.2) is 0 Å². The van der Waals surface area contributed by atoms with Crippen molar-refractivity contribution in [2.75, 3.05) is 33.3 Å². The van der Waals surface area contributed by atoms with Gasteiger partial charge in [-0.25, -0.2) is 0 Å². The summed E-state index contributed by atoms with van der Waals surface area (Å²) in [5.74, 6) is 0.255. The van der Waals surface area contributed by atoms with E-state index in [-0.39, 0.29) is 18.4 Å². The molecule has 64 valence electrons. The molecule has 0 atom stereocenters. The summed E-state index contributed by atoms with van der Waals surface area (Å²) in [6.45, 7) is 2.45. The maximum atomic E-state index is 10.9. The molecule has 0 saturated carbocycles. The second-order valence-electron chi connectivity index (χ2n) is 2.79. The van der Waals surface area contributed by atoms with Gasteiger partial charge in [0.25, 0.3) is 0 Å². The summed E-state index contributed by atoms with van der Waals surface area (Å²) in [5, 5.41) is 11.1. The first kappa shape index (κ1) is 8.49. The van der Waals surface area contributed by atoms with Gasteiger partial charge < -0.3 is 10.4 Å². The third-order valence-corrected chi connectivity index (χ3v) is 1.99. The maximum Gasteiger partial charge on any atom is 0.225 e. The molecule has 0 spiro atoms. The highest BCUT2D eigenvalue weighted by molar-refractivity contribution is 5.79. The van der Waals surface area contributed by atoms with Crippen LogP contribution in [0.2, 0.25) is 0 Å². The Bertz CT molecular complexity index is 143. The van der Waals surface area contributed by atoms with Crippen LogP contribution in [-0.2, 0) is 4.79 Å². The second kappa shape index (κ2) is 3.69. The van der Waals surface area contributed by atoms with E-state index in [0.29, 0.717) is 6.54 Å². The predicted octanol–water partition coefficient (Wildman–Crippen LogP) is -1.34. The Kier molecular flexibility index (Phi) is 2.84. The quantitative estimate of drug-likeness (QED) is 0.534. The largest absolute Gasteiger partial charge is 0.395 e. The number of nitrogens with zero attached hydrogens (tertiary/aromatic N) is 1. The number of aliphatic hydroxyl groups excluding tert-OH is 1. The Hall–Kier alpha value is -0.610. The Morgan fingerprint density at radius 2 is 2.36 bits per heavy atom. The molecular weight excluding hydrogens is 144 g/mol. The Morgan fingerprint density at radius 3 is 2.82 bits per heavy atom. The third kappa shape index (κ3) is 1.91. The molecule has 1 aliphatic rings. The second-order valence-corrected chi connectivity index (χ2v) is 2.79. The van der Waals surface area contributed by atoms with E-state index in [1.54, 1.807) is 7.05 Å². The molecule has 0 unspecified atom stereocenters. The van der Waals surface area contributed by atoms with E-state index >= 15 is 0 Å². The summed E-state index contributed by atoms with van der Waals surface area (Å²) in [7, 11) is 1.65. The number of carbonyl (C=O) groups excluding carboxylic acids is 1. The van der Waals surface area contributed by atoms with E-state index in [4.69, 9.17) is 5.11 Å². The average Bonchev–Trinajstić information content (AvgIpc) is 1.94. The smallest absolute Gasteiger partial charge is 0.225 e. The van der Waals surface area contributed by atoms with Crippen molar-refractivity contribution in [2.45, 2.75) is 0 Å². The molecule has 0 aromatic rings. The molecule has 0 bridgehead atoms. The van der Waals surface area contributed by atoms with E-state index in [1.807, 2.05) is 0 Å². The summed E-state index contributed by atoms with van der Waals surface area (Å²) < 4.78 is 0. The number of hydrogen-bond donors (Lipinski definition) is 2. The standard InChI is InChI=1S/C7H14N2O2/c1-8-7(11)6-4-9(5-6)2-3-10/h6,10H,2-5H2,1H3,(H,8,11). The number of rotatable bonds is 3. The van der Waals surface area contributed by atoms with Crippen molar-refractivity contribution in [1.82, 2.24) is 10.2 Å². The summed E-state index contributed by atoms with van der Waals surface area (Å²) in [6.07, 6.45) is 0. The lowest BCUT2D eigenvalue weighted by atomic mass is 10.00. The van der Waals surface area contributed by atoms with E-state index in [9.17, 15) is 4.79 Å². The Labute approximate surface area is 66.2 Å². The Balaban J connectivity index is 2.13. The van der Waals surface area contributed by atoms with E-state index < -0.39 is 0 Å². The zero-order valence-electron chi connectivity index (χ0n) is 6.71. The zero-order chi connectivity index (χ0) is 8.27. The van der Waals surface area contributed by atoms with Crippen LogP contribution in [0.25, 0.3) is 0 Å². The number of likely N-dealkylation sites (tertiary alicyclic amines) is 1. The van der Waals surface area contributed by atoms with Crippen molar-refractivity contribution in [3.63, 3.8) is 0 Å². The van der Waals surface area contributed by atoms with Crippen molar-refractivity contribution >= 4 is 5.91 Å². The lowest BCUT2D eigenvalue weighted by Gasteiger charge is -2.37. The van der Waals surface area contributed by atoms with Gasteiger partial charge >= 0.3 is 0 Å². The van der Waals surface area contributed by atoms with Gasteiger partial charge in [-0.05, 0) is 0 Å². The van der Waals surface area contributed by atoms with E-state index in [2.05, 4.69) is 10.2 Å². The SMILES string of the molecule is CNC(=O)C1CN(CCO)C1. The summed E-state index contributed by atoms with van der Waals surface area (Å²) in [5.41, 5.74) is 0. The van der Waals surface area contributed by atoms with Gasteiger partial charge in [0, 0.05) is 26.7 Å². The number of β-amino-alcohol motifs (C(OH)–C–C–N with tert-alkyl or cyclic N) is 1. The molecule has 0 aliphatic carbocycles. The lowest BCUT2D eigenvalue weighted by molar-refractivity contribution is -0.129. The molecule has 0 aromatic carbocycles. The molecule has 1 aliphatic heterocycles. The topological polar surface area (TPSA) is 52.6 Å². The van der Waals surface area contributed by atoms with Gasteiger partial charge in [0.05, 0.1) is 12.5 Å². The van der Waals surface area contributed by atoms with Gasteiger partial charge in [-0.3, -0.25) is 9.69 Å². The van der Waals surface area contributed by atoms with Gasteiger partial charge in [0.15, 0.2) is 0 Å². The summed E-state index contributed by atoms with van der Waals surface area (Å²) >= 11 is 0. The molecule has 2 N–H and O–H groups in total. The van der Waals surface area contributed by atoms with Crippen LogP contribution < -0.4 is 5.32 Å². The molecule has 0 radical (unpaired) electrons. The molecule has 4 nitrogen and oxygen atoms in total. The van der Waals surface area contributed by atoms with Crippen LogP contribution in [0.5, 0.6) is 0 Å². The van der Waals surface area contributed by atoms with Crippen molar-refractivity contribution in [3.8, 4) is 0 Å². The highest BCUT2D eigenvalue weighted by Gasteiger charge is 2.30. The fourth-order valence-corrected chi connectivity index (χ4v) is 1.26. The van der Waals surface area contributed by atoms with E-state index in [0.717, 1.165) is 13.1 Å². The number of amides is 1. The molecule has 1 fully saturated rings. The fourth-order valence-electron chi connectivity index (χ4n) is 1.26. The minimum absolute atomic E-state index is 0.110. The number of nitrogens with one attached hydrogen (secondary N) is 1. The fraction of sp³-hybridized carbons (Fsp3) is 0.857. The average molecular weight is 158 g/mol.